The number of nitrogen functional groups attached to an aromatic ring is 1. The molecule has 3 aromatic rings. The Kier molecular flexibility index (Phi) is 6.57. The molecule has 1 aromatic carbocycles. The first-order chi connectivity index (χ1) is 15.2. The number of aromatic nitrogens is 3. The SMILES string of the molecule is Cn1c(N)nc2[nH]cc(CCc3ccc(C(=O)N[C@@H](CCC(=O)O)C(=O)O)cc3)c2c1=O. The second-order valence-electron chi connectivity index (χ2n) is 7.37. The van der Waals surface area contributed by atoms with Crippen LogP contribution in [0.1, 0.15) is 34.3 Å². The lowest BCUT2D eigenvalue weighted by Crippen LogP contribution is -2.41. The first-order valence-electron chi connectivity index (χ1n) is 9.84. The highest BCUT2D eigenvalue weighted by molar-refractivity contribution is 5.96. The van der Waals surface area contributed by atoms with Crippen molar-refractivity contribution < 1.29 is 24.6 Å². The first kappa shape index (κ1) is 22.5. The van der Waals surface area contributed by atoms with Crippen LogP contribution < -0.4 is 16.6 Å². The zero-order valence-corrected chi connectivity index (χ0v) is 17.3. The predicted octanol–water partition coefficient (Wildman–Crippen LogP) is 0.677. The molecule has 2 heterocycles. The molecular weight excluding hydrogens is 418 g/mol. The van der Waals surface area contributed by atoms with Crippen LogP contribution in [0, 0.1) is 0 Å². The Labute approximate surface area is 181 Å². The fraction of sp³-hybridized carbons (Fsp3) is 0.286. The summed E-state index contributed by atoms with van der Waals surface area (Å²) in [6.45, 7) is 0. The Hall–Kier alpha value is -4.15. The van der Waals surface area contributed by atoms with Crippen LogP contribution in [-0.4, -0.2) is 48.6 Å². The number of H-pyrrole nitrogens is 1. The summed E-state index contributed by atoms with van der Waals surface area (Å²) in [5.74, 6) is -2.91. The van der Waals surface area contributed by atoms with Gasteiger partial charge in [-0.3, -0.25) is 19.0 Å². The number of nitrogens with two attached hydrogens (primary N) is 1. The molecule has 0 aliphatic carbocycles. The van der Waals surface area contributed by atoms with E-state index in [2.05, 4.69) is 15.3 Å². The molecule has 0 saturated heterocycles. The van der Waals surface area contributed by atoms with Crippen molar-refractivity contribution in [1.29, 1.82) is 0 Å². The van der Waals surface area contributed by atoms with E-state index < -0.39 is 23.9 Å². The van der Waals surface area contributed by atoms with Crippen LogP contribution in [0.3, 0.4) is 0 Å². The molecule has 0 aliphatic rings. The summed E-state index contributed by atoms with van der Waals surface area (Å²) in [6.07, 6.45) is 2.30. The van der Waals surface area contributed by atoms with E-state index in [9.17, 15) is 19.2 Å². The van der Waals surface area contributed by atoms with E-state index in [0.29, 0.717) is 23.9 Å². The quantitative estimate of drug-likeness (QED) is 0.321. The highest BCUT2D eigenvalue weighted by atomic mass is 16.4. The van der Waals surface area contributed by atoms with Crippen LogP contribution in [0.2, 0.25) is 0 Å². The number of hydrogen-bond acceptors (Lipinski definition) is 6. The third kappa shape index (κ3) is 4.94. The van der Waals surface area contributed by atoms with Crippen molar-refractivity contribution >= 4 is 34.8 Å². The number of anilines is 1. The van der Waals surface area contributed by atoms with Crippen molar-refractivity contribution in [1.82, 2.24) is 19.9 Å². The summed E-state index contributed by atoms with van der Waals surface area (Å²) in [6, 6.07) is 5.33. The van der Waals surface area contributed by atoms with Crippen molar-refractivity contribution in [2.24, 2.45) is 7.05 Å². The van der Waals surface area contributed by atoms with Crippen LogP contribution in [0.5, 0.6) is 0 Å². The van der Waals surface area contributed by atoms with E-state index in [-0.39, 0.29) is 29.9 Å². The van der Waals surface area contributed by atoms with Crippen LogP contribution >= 0.6 is 0 Å². The third-order valence-electron chi connectivity index (χ3n) is 5.18. The van der Waals surface area contributed by atoms with Gasteiger partial charge < -0.3 is 26.2 Å². The number of carboxylic acids is 2. The topological polar surface area (TPSA) is 180 Å². The Morgan fingerprint density at radius 1 is 1.19 bits per heavy atom. The minimum absolute atomic E-state index is 0.123. The van der Waals surface area contributed by atoms with Gasteiger partial charge in [-0.2, -0.15) is 4.98 Å². The molecule has 11 heteroatoms. The summed E-state index contributed by atoms with van der Waals surface area (Å²) in [4.78, 5) is 53.8. The van der Waals surface area contributed by atoms with Crippen LogP contribution in [0.15, 0.2) is 35.3 Å². The third-order valence-corrected chi connectivity index (χ3v) is 5.18. The number of nitrogens with zero attached hydrogens (tertiary/aromatic N) is 2. The van der Waals surface area contributed by atoms with Gasteiger partial charge in [0.15, 0.2) is 0 Å². The zero-order chi connectivity index (χ0) is 23.4. The molecule has 0 unspecified atom stereocenters. The van der Waals surface area contributed by atoms with Gasteiger partial charge in [0.2, 0.25) is 5.95 Å². The highest BCUT2D eigenvalue weighted by Gasteiger charge is 2.21. The van der Waals surface area contributed by atoms with Gasteiger partial charge in [0.1, 0.15) is 11.7 Å². The molecule has 1 atom stereocenters. The summed E-state index contributed by atoms with van der Waals surface area (Å²) < 4.78 is 1.29. The largest absolute Gasteiger partial charge is 0.481 e. The minimum atomic E-state index is -1.29. The average Bonchev–Trinajstić information content (AvgIpc) is 3.16. The number of hydrogen-bond donors (Lipinski definition) is 5. The molecule has 0 fully saturated rings. The number of carbonyl (C=O) groups excluding carboxylic acids is 1. The number of rotatable bonds is 9. The molecule has 168 valence electrons. The maximum atomic E-state index is 12.5. The molecule has 32 heavy (non-hydrogen) atoms. The van der Waals surface area contributed by atoms with E-state index in [1.165, 1.54) is 4.57 Å². The van der Waals surface area contributed by atoms with Crippen molar-refractivity contribution in [3.05, 3.63) is 57.5 Å². The van der Waals surface area contributed by atoms with Gasteiger partial charge in [0.25, 0.3) is 11.5 Å². The van der Waals surface area contributed by atoms with Crippen LogP contribution in [0.4, 0.5) is 5.95 Å². The minimum Gasteiger partial charge on any atom is -0.481 e. The Bertz CT molecular complexity index is 1230. The number of aliphatic carboxylic acids is 2. The number of carboxylic acid groups (broad SMARTS) is 2. The van der Waals surface area contributed by atoms with Crippen molar-refractivity contribution in [3.63, 3.8) is 0 Å². The summed E-state index contributed by atoms with van der Waals surface area (Å²) in [7, 11) is 1.56. The lowest BCUT2D eigenvalue weighted by molar-refractivity contribution is -0.140. The van der Waals surface area contributed by atoms with Gasteiger partial charge in [-0.15, -0.1) is 0 Å². The van der Waals surface area contributed by atoms with Gasteiger partial charge in [-0.1, -0.05) is 12.1 Å². The van der Waals surface area contributed by atoms with Gasteiger partial charge in [0.05, 0.1) is 5.39 Å². The van der Waals surface area contributed by atoms with Crippen LogP contribution in [0.25, 0.3) is 11.0 Å². The number of carbonyl (C=O) groups is 3. The van der Waals surface area contributed by atoms with E-state index in [0.717, 1.165) is 11.1 Å². The molecule has 0 saturated carbocycles. The number of aryl methyl sites for hydroxylation is 2. The predicted molar refractivity (Wildman–Crippen MR) is 115 cm³/mol. The van der Waals surface area contributed by atoms with Gasteiger partial charge in [0, 0.05) is 25.2 Å². The number of amides is 1. The highest BCUT2D eigenvalue weighted by Crippen LogP contribution is 2.16. The number of fused-ring (bicyclic) bond motifs is 1. The maximum absolute atomic E-state index is 12.5. The fourth-order valence-corrected chi connectivity index (χ4v) is 3.31. The standard InChI is InChI=1S/C21H23N5O6/c1-26-19(30)16-13(10-23-17(16)25-21(26)22)7-4-11-2-5-12(6-3-11)18(29)24-14(20(31)32)8-9-15(27)28/h2-3,5-6,10,14,23H,4,7-9H2,1H3,(H2,22,25)(H,24,29)(H,27,28)(H,31,32)/t14-/m0/s1. The normalized spacial score (nSPS) is 11.9. The summed E-state index contributed by atoms with van der Waals surface area (Å²) in [5.41, 5.74) is 7.90. The molecule has 0 spiro atoms. The molecule has 11 nitrogen and oxygen atoms in total. The second kappa shape index (κ2) is 9.33. The lowest BCUT2D eigenvalue weighted by atomic mass is 10.0. The summed E-state index contributed by atoms with van der Waals surface area (Å²) in [5, 5.41) is 20.7. The lowest BCUT2D eigenvalue weighted by Gasteiger charge is -2.13. The smallest absolute Gasteiger partial charge is 0.326 e. The van der Waals surface area contributed by atoms with Crippen molar-refractivity contribution in [2.45, 2.75) is 31.7 Å². The molecule has 3 rings (SSSR count). The average molecular weight is 441 g/mol. The summed E-state index contributed by atoms with van der Waals surface area (Å²) >= 11 is 0. The monoisotopic (exact) mass is 441 g/mol. The fourth-order valence-electron chi connectivity index (χ4n) is 3.31. The molecule has 0 bridgehead atoms. The Balaban J connectivity index is 1.66. The zero-order valence-electron chi connectivity index (χ0n) is 17.3. The number of aromatic amines is 1. The first-order valence-corrected chi connectivity index (χ1v) is 9.84. The van der Waals surface area contributed by atoms with Crippen LogP contribution in [-0.2, 0) is 29.5 Å². The van der Waals surface area contributed by atoms with E-state index >= 15 is 0 Å². The molecule has 0 radical (unpaired) electrons. The molecule has 2 aromatic heterocycles. The van der Waals surface area contributed by atoms with Gasteiger partial charge >= 0.3 is 11.9 Å². The van der Waals surface area contributed by atoms with E-state index in [1.54, 1.807) is 37.5 Å². The van der Waals surface area contributed by atoms with E-state index in [1.807, 2.05) is 0 Å². The van der Waals surface area contributed by atoms with Gasteiger partial charge in [-0.25, -0.2) is 4.79 Å². The van der Waals surface area contributed by atoms with Crippen molar-refractivity contribution in [3.8, 4) is 0 Å². The Morgan fingerprint density at radius 3 is 2.50 bits per heavy atom. The second-order valence-corrected chi connectivity index (χ2v) is 7.37. The molecule has 1 amide bonds. The van der Waals surface area contributed by atoms with Crippen molar-refractivity contribution in [2.75, 3.05) is 5.73 Å². The molecule has 0 aliphatic heterocycles. The number of nitrogens with one attached hydrogen (secondary N) is 2. The Morgan fingerprint density at radius 2 is 1.88 bits per heavy atom. The maximum Gasteiger partial charge on any atom is 0.326 e. The number of benzene rings is 1. The van der Waals surface area contributed by atoms with Gasteiger partial charge in [-0.05, 0) is 42.5 Å². The molecular formula is C21H23N5O6. The van der Waals surface area contributed by atoms with E-state index in [4.69, 9.17) is 15.9 Å². The molecule has 6 N–H and O–H groups in total.